The number of carbonyl (C=O) groups is 2. The van der Waals surface area contributed by atoms with Crippen molar-refractivity contribution < 1.29 is 19.4 Å². The van der Waals surface area contributed by atoms with Crippen molar-refractivity contribution in [2.24, 2.45) is 0 Å². The first-order chi connectivity index (χ1) is 12.0. The van der Waals surface area contributed by atoms with Crippen LogP contribution < -0.4 is 15.2 Å². The molecule has 0 atom stereocenters. The zero-order valence-corrected chi connectivity index (χ0v) is 13.7. The molecule has 0 spiro atoms. The topological polar surface area (TPSA) is 78.5 Å². The van der Waals surface area contributed by atoms with Gasteiger partial charge in [-0.15, -0.1) is 0 Å². The summed E-state index contributed by atoms with van der Waals surface area (Å²) in [6.45, 7) is -0.261. The van der Waals surface area contributed by atoms with Gasteiger partial charge in [0.1, 0.15) is 5.75 Å². The van der Waals surface area contributed by atoms with E-state index in [9.17, 15) is 14.7 Å². The Morgan fingerprint density at radius 1 is 1.04 bits per heavy atom. The van der Waals surface area contributed by atoms with E-state index in [1.54, 1.807) is 6.07 Å². The normalized spacial score (nSPS) is 10.4. The standard InChI is InChI=1S/C19H14ClNO4/c20-13-8-9-16(15(10-13)19(23)24)21-18(22)11-25-17-7-3-5-12-4-1-2-6-14(12)17/h1-10H,11H2,(H,21,22)(H,23,24)/p-1. The molecule has 0 heterocycles. The van der Waals surface area contributed by atoms with Crippen LogP contribution in [0.25, 0.3) is 10.8 Å². The van der Waals surface area contributed by atoms with Crippen LogP contribution in [0.15, 0.2) is 60.7 Å². The summed E-state index contributed by atoms with van der Waals surface area (Å²) in [5.41, 5.74) is -0.0815. The molecule has 5 nitrogen and oxygen atoms in total. The van der Waals surface area contributed by atoms with E-state index in [0.29, 0.717) is 5.75 Å². The van der Waals surface area contributed by atoms with Crippen LogP contribution in [0.2, 0.25) is 5.02 Å². The number of carboxylic acids is 1. The van der Waals surface area contributed by atoms with Gasteiger partial charge in [-0.3, -0.25) is 4.79 Å². The number of fused-ring (bicyclic) bond motifs is 1. The Hall–Kier alpha value is -3.05. The third-order valence-electron chi connectivity index (χ3n) is 3.58. The molecule has 0 saturated heterocycles. The van der Waals surface area contributed by atoms with E-state index in [1.165, 1.54) is 18.2 Å². The van der Waals surface area contributed by atoms with Crippen molar-refractivity contribution in [1.82, 2.24) is 0 Å². The molecular weight excluding hydrogens is 342 g/mol. The lowest BCUT2D eigenvalue weighted by molar-refractivity contribution is -0.254. The molecule has 0 radical (unpaired) electrons. The number of nitrogens with one attached hydrogen (secondary N) is 1. The van der Waals surface area contributed by atoms with Crippen LogP contribution in [0.1, 0.15) is 10.4 Å². The largest absolute Gasteiger partial charge is 0.545 e. The van der Waals surface area contributed by atoms with Gasteiger partial charge in [0.05, 0.1) is 11.7 Å². The highest BCUT2D eigenvalue weighted by molar-refractivity contribution is 6.31. The summed E-state index contributed by atoms with van der Waals surface area (Å²) in [4.78, 5) is 23.2. The van der Waals surface area contributed by atoms with Crippen molar-refractivity contribution in [3.63, 3.8) is 0 Å². The summed E-state index contributed by atoms with van der Waals surface area (Å²) < 4.78 is 5.58. The molecule has 3 aromatic rings. The predicted molar refractivity (Wildman–Crippen MR) is 93.9 cm³/mol. The number of carboxylic acid groups (broad SMARTS) is 1. The Morgan fingerprint density at radius 2 is 1.80 bits per heavy atom. The van der Waals surface area contributed by atoms with Crippen LogP contribution in [-0.2, 0) is 4.79 Å². The maximum absolute atomic E-state index is 12.1. The third-order valence-corrected chi connectivity index (χ3v) is 3.82. The van der Waals surface area contributed by atoms with Gasteiger partial charge in [0.2, 0.25) is 0 Å². The van der Waals surface area contributed by atoms with E-state index in [0.717, 1.165) is 10.8 Å². The fraction of sp³-hybridized carbons (Fsp3) is 0.0526. The van der Waals surface area contributed by atoms with E-state index >= 15 is 0 Å². The Balaban J connectivity index is 1.72. The Bertz CT molecular complexity index is 950. The average molecular weight is 355 g/mol. The molecule has 1 amide bonds. The first-order valence-electron chi connectivity index (χ1n) is 7.46. The highest BCUT2D eigenvalue weighted by Crippen LogP contribution is 2.25. The van der Waals surface area contributed by atoms with Gasteiger partial charge in [-0.05, 0) is 29.7 Å². The maximum atomic E-state index is 12.1. The molecule has 0 bridgehead atoms. The van der Waals surface area contributed by atoms with Crippen LogP contribution in [0.4, 0.5) is 5.69 Å². The van der Waals surface area contributed by atoms with Crippen molar-refractivity contribution in [2.45, 2.75) is 0 Å². The van der Waals surface area contributed by atoms with Crippen LogP contribution in [0, 0.1) is 0 Å². The highest BCUT2D eigenvalue weighted by Gasteiger charge is 2.10. The van der Waals surface area contributed by atoms with Gasteiger partial charge in [-0.1, -0.05) is 48.0 Å². The summed E-state index contributed by atoms with van der Waals surface area (Å²) in [5.74, 6) is -1.34. The molecule has 0 aliphatic heterocycles. The van der Waals surface area contributed by atoms with Gasteiger partial charge in [-0.25, -0.2) is 0 Å². The molecule has 0 fully saturated rings. The van der Waals surface area contributed by atoms with E-state index in [-0.39, 0.29) is 22.9 Å². The molecule has 0 aliphatic rings. The van der Waals surface area contributed by atoms with Gasteiger partial charge in [0.25, 0.3) is 5.91 Å². The van der Waals surface area contributed by atoms with Crippen molar-refractivity contribution in [3.05, 3.63) is 71.2 Å². The second-order valence-corrected chi connectivity index (χ2v) is 5.73. The number of halogens is 1. The van der Waals surface area contributed by atoms with E-state index in [2.05, 4.69) is 5.32 Å². The number of anilines is 1. The minimum absolute atomic E-state index is 0.107. The van der Waals surface area contributed by atoms with E-state index < -0.39 is 11.9 Å². The first-order valence-corrected chi connectivity index (χ1v) is 7.84. The zero-order valence-electron chi connectivity index (χ0n) is 13.0. The summed E-state index contributed by atoms with van der Waals surface area (Å²) >= 11 is 5.77. The van der Waals surface area contributed by atoms with Gasteiger partial charge in [0.15, 0.2) is 6.61 Å². The minimum Gasteiger partial charge on any atom is -0.545 e. The fourth-order valence-electron chi connectivity index (χ4n) is 2.45. The molecule has 0 aromatic heterocycles. The van der Waals surface area contributed by atoms with Gasteiger partial charge >= 0.3 is 0 Å². The molecule has 3 rings (SSSR count). The first kappa shape index (κ1) is 16.8. The molecule has 0 aliphatic carbocycles. The van der Waals surface area contributed by atoms with Gasteiger partial charge in [0, 0.05) is 16.0 Å². The lowest BCUT2D eigenvalue weighted by Gasteiger charge is -2.13. The van der Waals surface area contributed by atoms with Crippen LogP contribution in [0.5, 0.6) is 5.75 Å². The monoisotopic (exact) mass is 354 g/mol. The van der Waals surface area contributed by atoms with Crippen molar-refractivity contribution in [3.8, 4) is 5.75 Å². The number of hydrogen-bond acceptors (Lipinski definition) is 4. The van der Waals surface area contributed by atoms with Crippen LogP contribution in [-0.4, -0.2) is 18.5 Å². The lowest BCUT2D eigenvalue weighted by atomic mass is 10.1. The Labute approximate surface area is 148 Å². The van der Waals surface area contributed by atoms with Crippen molar-refractivity contribution >= 4 is 39.9 Å². The molecule has 0 saturated carbocycles. The molecular formula is C19H13ClNO4-. The molecule has 1 N–H and O–H groups in total. The van der Waals surface area contributed by atoms with Crippen molar-refractivity contribution in [2.75, 3.05) is 11.9 Å². The summed E-state index contributed by atoms with van der Waals surface area (Å²) in [7, 11) is 0. The van der Waals surface area contributed by atoms with E-state index in [4.69, 9.17) is 16.3 Å². The van der Waals surface area contributed by atoms with Gasteiger partial charge < -0.3 is 20.0 Å². The number of benzene rings is 3. The minimum atomic E-state index is -1.42. The molecule has 6 heteroatoms. The molecule has 0 unspecified atom stereocenters. The maximum Gasteiger partial charge on any atom is 0.262 e. The Kier molecular flexibility index (Phi) is 4.86. The summed E-state index contributed by atoms with van der Waals surface area (Å²) in [6, 6.07) is 17.3. The number of carbonyl (C=O) groups excluding carboxylic acids is 2. The predicted octanol–water partition coefficient (Wildman–Crippen LogP) is 2.87. The van der Waals surface area contributed by atoms with Crippen molar-refractivity contribution in [1.29, 1.82) is 0 Å². The number of rotatable bonds is 5. The number of aromatic carboxylic acids is 1. The summed E-state index contributed by atoms with van der Waals surface area (Å²) in [6.07, 6.45) is 0. The zero-order chi connectivity index (χ0) is 17.8. The fourth-order valence-corrected chi connectivity index (χ4v) is 2.62. The smallest absolute Gasteiger partial charge is 0.262 e. The third kappa shape index (κ3) is 3.89. The average Bonchev–Trinajstić information content (AvgIpc) is 2.61. The summed E-state index contributed by atoms with van der Waals surface area (Å²) in [5, 5.41) is 15.7. The second-order valence-electron chi connectivity index (χ2n) is 5.29. The van der Waals surface area contributed by atoms with E-state index in [1.807, 2.05) is 36.4 Å². The number of hydrogen-bond donors (Lipinski definition) is 1. The molecule has 25 heavy (non-hydrogen) atoms. The molecule has 3 aromatic carbocycles. The SMILES string of the molecule is O=C(COc1cccc2ccccc12)Nc1ccc(Cl)cc1C(=O)[O-]. The Morgan fingerprint density at radius 3 is 2.60 bits per heavy atom. The lowest BCUT2D eigenvalue weighted by Crippen LogP contribution is -2.26. The second kappa shape index (κ2) is 7.23. The number of amides is 1. The molecule has 126 valence electrons. The highest BCUT2D eigenvalue weighted by atomic mass is 35.5. The van der Waals surface area contributed by atoms with Crippen LogP contribution in [0.3, 0.4) is 0 Å². The van der Waals surface area contributed by atoms with Crippen LogP contribution >= 0.6 is 11.6 Å². The number of ether oxygens (including phenoxy) is 1. The van der Waals surface area contributed by atoms with Gasteiger partial charge in [-0.2, -0.15) is 0 Å². The quantitative estimate of drug-likeness (QED) is 0.764.